The number of hydrogen-bond donors (Lipinski definition) is 0. The molecule has 1 aromatic rings. The molecule has 0 aliphatic carbocycles. The van der Waals surface area contributed by atoms with Crippen molar-refractivity contribution in [2.24, 2.45) is 5.41 Å². The van der Waals surface area contributed by atoms with Crippen LogP contribution in [0.1, 0.15) is 24.2 Å². The minimum absolute atomic E-state index is 0.0833. The van der Waals surface area contributed by atoms with Crippen molar-refractivity contribution in [2.45, 2.75) is 13.8 Å². The van der Waals surface area contributed by atoms with Crippen molar-refractivity contribution in [3.05, 3.63) is 47.0 Å². The lowest BCUT2D eigenvalue weighted by molar-refractivity contribution is 0.0885. The van der Waals surface area contributed by atoms with Crippen LogP contribution in [-0.4, -0.2) is 5.78 Å². The molecule has 2 heteroatoms. The van der Waals surface area contributed by atoms with E-state index >= 15 is 0 Å². The number of rotatable bonds is 3. The van der Waals surface area contributed by atoms with Crippen molar-refractivity contribution in [3.63, 3.8) is 0 Å². The summed E-state index contributed by atoms with van der Waals surface area (Å²) in [5.74, 6) is 0.0833. The minimum Gasteiger partial charge on any atom is -0.293 e. The molecular formula is C12H13BrO. The fourth-order valence-electron chi connectivity index (χ4n) is 1.09. The highest BCUT2D eigenvalue weighted by Crippen LogP contribution is 2.27. The van der Waals surface area contributed by atoms with Crippen LogP contribution in [0.25, 0.3) is 0 Å². The van der Waals surface area contributed by atoms with E-state index in [0.717, 1.165) is 4.47 Å². The van der Waals surface area contributed by atoms with Crippen molar-refractivity contribution in [2.75, 3.05) is 0 Å². The maximum Gasteiger partial charge on any atom is 0.173 e. The van der Waals surface area contributed by atoms with Crippen molar-refractivity contribution in [1.82, 2.24) is 0 Å². The highest BCUT2D eigenvalue weighted by molar-refractivity contribution is 9.10. The summed E-state index contributed by atoms with van der Waals surface area (Å²) in [6.07, 6.45) is 1.68. The predicted molar refractivity (Wildman–Crippen MR) is 62.5 cm³/mol. The molecule has 0 amide bonds. The van der Waals surface area contributed by atoms with Crippen molar-refractivity contribution >= 4 is 21.7 Å². The summed E-state index contributed by atoms with van der Waals surface area (Å²) in [4.78, 5) is 12.0. The zero-order valence-corrected chi connectivity index (χ0v) is 9.97. The number of hydrogen-bond acceptors (Lipinski definition) is 1. The molecule has 0 aliphatic rings. The summed E-state index contributed by atoms with van der Waals surface area (Å²) in [5.41, 5.74) is 0.196. The minimum atomic E-state index is -0.510. The predicted octanol–water partition coefficient (Wildman–Crippen LogP) is 3.84. The molecule has 0 spiro atoms. The third-order valence-corrected chi connectivity index (χ3v) is 2.91. The molecule has 1 nitrogen and oxygen atoms in total. The molecule has 0 aliphatic heterocycles. The van der Waals surface area contributed by atoms with Gasteiger partial charge < -0.3 is 0 Å². The SMILES string of the molecule is C=CC(C)(C)C(=O)c1ccccc1Br. The molecule has 14 heavy (non-hydrogen) atoms. The van der Waals surface area contributed by atoms with Crippen LogP contribution in [0, 0.1) is 5.41 Å². The fraction of sp³-hybridized carbons (Fsp3) is 0.250. The molecule has 0 radical (unpaired) electrons. The fourth-order valence-corrected chi connectivity index (χ4v) is 1.55. The van der Waals surface area contributed by atoms with E-state index in [1.807, 2.05) is 38.1 Å². The van der Waals surface area contributed by atoms with Crippen LogP contribution in [0.2, 0.25) is 0 Å². The third-order valence-electron chi connectivity index (χ3n) is 2.21. The number of Topliss-reactive ketones (excluding diaryl/α,β-unsaturated/α-hetero) is 1. The number of benzene rings is 1. The van der Waals surface area contributed by atoms with Gasteiger partial charge in [0.05, 0.1) is 0 Å². The largest absolute Gasteiger partial charge is 0.293 e. The smallest absolute Gasteiger partial charge is 0.173 e. The van der Waals surface area contributed by atoms with Crippen molar-refractivity contribution < 1.29 is 4.79 Å². The molecule has 0 saturated heterocycles. The molecule has 0 aromatic heterocycles. The monoisotopic (exact) mass is 252 g/mol. The Bertz CT molecular complexity index is 366. The maximum absolute atomic E-state index is 12.0. The van der Waals surface area contributed by atoms with Gasteiger partial charge in [-0.1, -0.05) is 40.2 Å². The third kappa shape index (κ3) is 2.13. The summed E-state index contributed by atoms with van der Waals surface area (Å²) in [6.45, 7) is 7.40. The van der Waals surface area contributed by atoms with Gasteiger partial charge in [-0.05, 0) is 19.9 Å². The Morgan fingerprint density at radius 1 is 1.43 bits per heavy atom. The lowest BCUT2D eigenvalue weighted by Crippen LogP contribution is -2.21. The summed E-state index contributed by atoms with van der Waals surface area (Å²) >= 11 is 3.36. The first kappa shape index (κ1) is 11.2. The van der Waals surface area contributed by atoms with Gasteiger partial charge in [0, 0.05) is 15.5 Å². The first-order valence-electron chi connectivity index (χ1n) is 4.42. The standard InChI is InChI=1S/C12H13BrO/c1-4-12(2,3)11(14)9-7-5-6-8-10(9)13/h4-8H,1H2,2-3H3. The van der Waals surface area contributed by atoms with Gasteiger partial charge in [0.2, 0.25) is 0 Å². The van der Waals surface area contributed by atoms with E-state index in [1.165, 1.54) is 0 Å². The van der Waals surface area contributed by atoms with Gasteiger partial charge >= 0.3 is 0 Å². The van der Waals surface area contributed by atoms with Gasteiger partial charge in [0.1, 0.15) is 0 Å². The number of allylic oxidation sites excluding steroid dienone is 1. The zero-order valence-electron chi connectivity index (χ0n) is 8.38. The van der Waals surface area contributed by atoms with Gasteiger partial charge in [-0.25, -0.2) is 0 Å². The van der Waals surface area contributed by atoms with Gasteiger partial charge in [-0.3, -0.25) is 4.79 Å². The van der Waals surface area contributed by atoms with Gasteiger partial charge in [0.25, 0.3) is 0 Å². The Morgan fingerprint density at radius 3 is 2.50 bits per heavy atom. The molecular weight excluding hydrogens is 240 g/mol. The van der Waals surface area contributed by atoms with Crippen LogP contribution >= 0.6 is 15.9 Å². The van der Waals surface area contributed by atoms with E-state index in [-0.39, 0.29) is 5.78 Å². The molecule has 0 saturated carbocycles. The molecule has 0 atom stereocenters. The van der Waals surface area contributed by atoms with Gasteiger partial charge in [-0.2, -0.15) is 0 Å². The Hall–Kier alpha value is -0.890. The summed E-state index contributed by atoms with van der Waals surface area (Å²) in [5, 5.41) is 0. The topological polar surface area (TPSA) is 17.1 Å². The van der Waals surface area contributed by atoms with Crippen LogP contribution in [0.3, 0.4) is 0 Å². The molecule has 0 bridgehead atoms. The Balaban J connectivity index is 3.13. The summed E-state index contributed by atoms with van der Waals surface area (Å²) < 4.78 is 0.833. The second-order valence-electron chi connectivity index (χ2n) is 3.73. The van der Waals surface area contributed by atoms with Gasteiger partial charge in [-0.15, -0.1) is 6.58 Å². The highest BCUT2D eigenvalue weighted by atomic mass is 79.9. The molecule has 1 rings (SSSR count). The average molecular weight is 253 g/mol. The average Bonchev–Trinajstić information content (AvgIpc) is 2.17. The second kappa shape index (κ2) is 4.09. The van der Waals surface area contributed by atoms with E-state index in [2.05, 4.69) is 22.5 Å². The summed E-state index contributed by atoms with van der Waals surface area (Å²) in [6, 6.07) is 7.43. The van der Waals surface area contributed by atoms with E-state index in [4.69, 9.17) is 0 Å². The number of carbonyl (C=O) groups is 1. The Labute approximate surface area is 93.0 Å². The molecule has 0 heterocycles. The van der Waals surface area contributed by atoms with E-state index in [9.17, 15) is 4.79 Å². The van der Waals surface area contributed by atoms with Crippen LogP contribution in [0.4, 0.5) is 0 Å². The highest BCUT2D eigenvalue weighted by Gasteiger charge is 2.26. The molecule has 0 unspecified atom stereocenters. The first-order chi connectivity index (χ1) is 6.49. The van der Waals surface area contributed by atoms with Crippen LogP contribution in [0.15, 0.2) is 41.4 Å². The zero-order chi connectivity index (χ0) is 10.8. The van der Waals surface area contributed by atoms with Crippen LogP contribution in [0.5, 0.6) is 0 Å². The number of carbonyl (C=O) groups excluding carboxylic acids is 1. The molecule has 0 N–H and O–H groups in total. The normalized spacial score (nSPS) is 11.1. The Morgan fingerprint density at radius 2 is 2.00 bits per heavy atom. The summed E-state index contributed by atoms with van der Waals surface area (Å²) in [7, 11) is 0. The Kier molecular flexibility index (Phi) is 3.27. The first-order valence-corrected chi connectivity index (χ1v) is 5.21. The lowest BCUT2D eigenvalue weighted by Gasteiger charge is -2.18. The van der Waals surface area contributed by atoms with E-state index in [1.54, 1.807) is 6.08 Å². The van der Waals surface area contributed by atoms with E-state index < -0.39 is 5.41 Å². The number of halogens is 1. The molecule has 74 valence electrons. The quantitative estimate of drug-likeness (QED) is 0.590. The van der Waals surface area contributed by atoms with Crippen molar-refractivity contribution in [3.8, 4) is 0 Å². The maximum atomic E-state index is 12.0. The number of ketones is 1. The lowest BCUT2D eigenvalue weighted by atomic mass is 9.84. The molecule has 1 aromatic carbocycles. The second-order valence-corrected chi connectivity index (χ2v) is 4.59. The van der Waals surface area contributed by atoms with Crippen LogP contribution < -0.4 is 0 Å². The van der Waals surface area contributed by atoms with Crippen LogP contribution in [-0.2, 0) is 0 Å². The van der Waals surface area contributed by atoms with Crippen molar-refractivity contribution in [1.29, 1.82) is 0 Å². The van der Waals surface area contributed by atoms with E-state index in [0.29, 0.717) is 5.56 Å². The molecule has 0 fully saturated rings. The van der Waals surface area contributed by atoms with Gasteiger partial charge in [0.15, 0.2) is 5.78 Å².